The average molecular weight is 398 g/mol. The highest BCUT2D eigenvalue weighted by molar-refractivity contribution is 5.55. The Balaban J connectivity index is 1.41. The van der Waals surface area contributed by atoms with Crippen LogP contribution in [0.25, 0.3) is 0 Å². The van der Waals surface area contributed by atoms with E-state index in [1.807, 2.05) is 30.3 Å². The SMILES string of the molecule is COc1ccc(C(O)CCNc2cc(N3CCCC3)nc(N3CCCC3)n2)cc1. The molecule has 0 bridgehead atoms. The van der Waals surface area contributed by atoms with Gasteiger partial charge in [0.15, 0.2) is 0 Å². The normalized spacial score (nSPS) is 17.6. The maximum absolute atomic E-state index is 10.5. The lowest BCUT2D eigenvalue weighted by Gasteiger charge is -2.22. The Kier molecular flexibility index (Phi) is 6.34. The van der Waals surface area contributed by atoms with E-state index in [-0.39, 0.29) is 0 Å². The predicted octanol–water partition coefficient (Wildman–Crippen LogP) is 3.22. The molecule has 0 spiro atoms. The van der Waals surface area contributed by atoms with Crippen LogP contribution < -0.4 is 19.9 Å². The van der Waals surface area contributed by atoms with Crippen LogP contribution in [-0.2, 0) is 0 Å². The summed E-state index contributed by atoms with van der Waals surface area (Å²) in [6, 6.07) is 9.61. The van der Waals surface area contributed by atoms with Crippen molar-refractivity contribution in [3.05, 3.63) is 35.9 Å². The van der Waals surface area contributed by atoms with Gasteiger partial charge in [0.25, 0.3) is 0 Å². The Morgan fingerprint density at radius 2 is 1.66 bits per heavy atom. The molecule has 2 aliphatic rings. The summed E-state index contributed by atoms with van der Waals surface area (Å²) in [6.07, 6.45) is 4.93. The quantitative estimate of drug-likeness (QED) is 0.708. The molecule has 1 unspecified atom stereocenters. The Bertz CT molecular complexity index is 752. The van der Waals surface area contributed by atoms with Gasteiger partial charge in [0, 0.05) is 38.8 Å². The molecule has 156 valence electrons. The molecule has 1 atom stereocenters. The highest BCUT2D eigenvalue weighted by Gasteiger charge is 2.20. The Morgan fingerprint density at radius 1 is 1.00 bits per heavy atom. The first-order valence-corrected chi connectivity index (χ1v) is 10.7. The van der Waals surface area contributed by atoms with Crippen LogP contribution in [0.1, 0.15) is 43.8 Å². The molecular formula is C22H31N5O2. The molecule has 1 aromatic carbocycles. The van der Waals surface area contributed by atoms with Crippen LogP contribution in [0.2, 0.25) is 0 Å². The number of rotatable bonds is 8. The van der Waals surface area contributed by atoms with Crippen molar-refractivity contribution in [3.8, 4) is 5.75 Å². The summed E-state index contributed by atoms with van der Waals surface area (Å²) < 4.78 is 5.18. The standard InChI is InChI=1S/C22H31N5O2/c1-29-18-8-6-17(7-9-18)19(28)10-11-23-20-16-21(26-12-2-3-13-26)25-22(24-20)27-14-4-5-15-27/h6-9,16,19,28H,2-5,10-15H2,1H3,(H,23,24,25). The fourth-order valence-electron chi connectivity index (χ4n) is 4.01. The zero-order valence-corrected chi connectivity index (χ0v) is 17.2. The fraction of sp³-hybridized carbons (Fsp3) is 0.545. The first-order valence-electron chi connectivity index (χ1n) is 10.7. The lowest BCUT2D eigenvalue weighted by atomic mass is 10.1. The zero-order chi connectivity index (χ0) is 20.1. The number of aliphatic hydroxyl groups is 1. The van der Waals surface area contributed by atoms with Gasteiger partial charge in [-0.05, 0) is 49.8 Å². The van der Waals surface area contributed by atoms with Crippen LogP contribution in [-0.4, -0.2) is 54.9 Å². The van der Waals surface area contributed by atoms with Gasteiger partial charge in [-0.3, -0.25) is 0 Å². The monoisotopic (exact) mass is 397 g/mol. The lowest BCUT2D eigenvalue weighted by Crippen LogP contribution is -2.25. The van der Waals surface area contributed by atoms with Crippen molar-refractivity contribution in [2.45, 2.75) is 38.2 Å². The molecule has 0 radical (unpaired) electrons. The smallest absolute Gasteiger partial charge is 0.229 e. The number of aromatic nitrogens is 2. The minimum absolute atomic E-state index is 0.522. The van der Waals surface area contributed by atoms with Crippen molar-refractivity contribution in [1.82, 2.24) is 9.97 Å². The topological polar surface area (TPSA) is 73.8 Å². The summed E-state index contributed by atoms with van der Waals surface area (Å²) in [6.45, 7) is 4.82. The van der Waals surface area contributed by atoms with E-state index in [4.69, 9.17) is 14.7 Å². The maximum Gasteiger partial charge on any atom is 0.229 e. The lowest BCUT2D eigenvalue weighted by molar-refractivity contribution is 0.171. The molecule has 29 heavy (non-hydrogen) atoms. The van der Waals surface area contributed by atoms with Crippen molar-refractivity contribution in [1.29, 1.82) is 0 Å². The second-order valence-electron chi connectivity index (χ2n) is 7.80. The van der Waals surface area contributed by atoms with Crippen LogP contribution in [0.3, 0.4) is 0 Å². The molecular weight excluding hydrogens is 366 g/mol. The van der Waals surface area contributed by atoms with Crippen molar-refractivity contribution < 1.29 is 9.84 Å². The molecule has 1 aromatic heterocycles. The molecule has 0 aliphatic carbocycles. The number of benzene rings is 1. The number of anilines is 3. The number of methoxy groups -OCH3 is 1. The van der Waals surface area contributed by atoms with Gasteiger partial charge in [0.2, 0.25) is 5.95 Å². The second kappa shape index (κ2) is 9.31. The van der Waals surface area contributed by atoms with E-state index in [1.165, 1.54) is 25.7 Å². The summed E-state index contributed by atoms with van der Waals surface area (Å²) in [5, 5.41) is 13.9. The van der Waals surface area contributed by atoms with Gasteiger partial charge in [-0.1, -0.05) is 12.1 Å². The number of hydrogen-bond donors (Lipinski definition) is 2. The third kappa shape index (κ3) is 4.90. The third-order valence-corrected chi connectivity index (χ3v) is 5.74. The fourth-order valence-corrected chi connectivity index (χ4v) is 4.01. The number of ether oxygens (including phenoxy) is 1. The summed E-state index contributed by atoms with van der Waals surface area (Å²) in [4.78, 5) is 14.2. The van der Waals surface area contributed by atoms with Gasteiger partial charge in [-0.15, -0.1) is 0 Å². The minimum atomic E-state index is -0.522. The highest BCUT2D eigenvalue weighted by Crippen LogP contribution is 2.26. The van der Waals surface area contributed by atoms with Gasteiger partial charge in [0.05, 0.1) is 13.2 Å². The third-order valence-electron chi connectivity index (χ3n) is 5.74. The van der Waals surface area contributed by atoms with E-state index < -0.39 is 6.10 Å². The van der Waals surface area contributed by atoms with Crippen LogP contribution in [0.4, 0.5) is 17.6 Å². The first kappa shape index (κ1) is 19.8. The molecule has 3 heterocycles. The van der Waals surface area contributed by atoms with Crippen molar-refractivity contribution >= 4 is 17.6 Å². The summed E-state index contributed by atoms with van der Waals surface area (Å²) in [5.74, 6) is 3.47. The van der Waals surface area contributed by atoms with Crippen LogP contribution in [0.15, 0.2) is 30.3 Å². The van der Waals surface area contributed by atoms with E-state index in [0.29, 0.717) is 13.0 Å². The van der Waals surface area contributed by atoms with Gasteiger partial charge in [-0.25, -0.2) is 0 Å². The van der Waals surface area contributed by atoms with Crippen molar-refractivity contribution in [2.75, 3.05) is 55.0 Å². The van der Waals surface area contributed by atoms with E-state index in [2.05, 4.69) is 15.1 Å². The van der Waals surface area contributed by atoms with Crippen LogP contribution in [0, 0.1) is 0 Å². The summed E-state index contributed by atoms with van der Waals surface area (Å²) in [5.41, 5.74) is 0.894. The molecule has 7 heteroatoms. The predicted molar refractivity (Wildman–Crippen MR) is 116 cm³/mol. The number of nitrogens with one attached hydrogen (secondary N) is 1. The number of aliphatic hydroxyl groups excluding tert-OH is 1. The number of hydrogen-bond acceptors (Lipinski definition) is 7. The van der Waals surface area contributed by atoms with Gasteiger partial charge < -0.3 is 25.0 Å². The molecule has 0 amide bonds. The molecule has 4 rings (SSSR count). The Labute approximate surface area is 172 Å². The maximum atomic E-state index is 10.5. The average Bonchev–Trinajstić information content (AvgIpc) is 3.48. The molecule has 7 nitrogen and oxygen atoms in total. The van der Waals surface area contributed by atoms with Crippen molar-refractivity contribution in [3.63, 3.8) is 0 Å². The minimum Gasteiger partial charge on any atom is -0.497 e. The van der Waals surface area contributed by atoms with E-state index in [9.17, 15) is 5.11 Å². The molecule has 2 saturated heterocycles. The van der Waals surface area contributed by atoms with Crippen LogP contribution in [0.5, 0.6) is 5.75 Å². The summed E-state index contributed by atoms with van der Waals surface area (Å²) in [7, 11) is 1.64. The molecule has 2 fully saturated rings. The molecule has 2 N–H and O–H groups in total. The Morgan fingerprint density at radius 3 is 2.31 bits per heavy atom. The van der Waals surface area contributed by atoms with Gasteiger partial charge >= 0.3 is 0 Å². The largest absolute Gasteiger partial charge is 0.497 e. The molecule has 2 aromatic rings. The van der Waals surface area contributed by atoms with Gasteiger partial charge in [-0.2, -0.15) is 9.97 Å². The highest BCUT2D eigenvalue weighted by atomic mass is 16.5. The Hall–Kier alpha value is -2.54. The molecule has 0 saturated carbocycles. The van der Waals surface area contributed by atoms with E-state index >= 15 is 0 Å². The van der Waals surface area contributed by atoms with Crippen LogP contribution >= 0.6 is 0 Å². The van der Waals surface area contributed by atoms with E-state index in [0.717, 1.165) is 55.1 Å². The van der Waals surface area contributed by atoms with E-state index in [1.54, 1.807) is 7.11 Å². The van der Waals surface area contributed by atoms with Crippen molar-refractivity contribution in [2.24, 2.45) is 0 Å². The second-order valence-corrected chi connectivity index (χ2v) is 7.80. The number of nitrogens with zero attached hydrogens (tertiary/aromatic N) is 4. The first-order chi connectivity index (χ1) is 14.2. The summed E-state index contributed by atoms with van der Waals surface area (Å²) >= 11 is 0. The van der Waals surface area contributed by atoms with Gasteiger partial charge in [0.1, 0.15) is 17.4 Å². The zero-order valence-electron chi connectivity index (χ0n) is 17.2. The molecule has 2 aliphatic heterocycles.